The van der Waals surface area contributed by atoms with Crippen LogP contribution in [0.3, 0.4) is 0 Å². The van der Waals surface area contributed by atoms with Crippen molar-refractivity contribution in [3.63, 3.8) is 0 Å². The summed E-state index contributed by atoms with van der Waals surface area (Å²) in [6, 6.07) is 10.7. The molecule has 19 heavy (non-hydrogen) atoms. The van der Waals surface area contributed by atoms with Gasteiger partial charge in [-0.3, -0.25) is 4.90 Å². The highest BCUT2D eigenvalue weighted by atomic mass is 15.2. The van der Waals surface area contributed by atoms with Crippen LogP contribution in [0.4, 0.5) is 0 Å². The van der Waals surface area contributed by atoms with E-state index in [0.29, 0.717) is 0 Å². The van der Waals surface area contributed by atoms with Gasteiger partial charge >= 0.3 is 0 Å². The van der Waals surface area contributed by atoms with Crippen molar-refractivity contribution in [1.29, 1.82) is 0 Å². The lowest BCUT2D eigenvalue weighted by Crippen LogP contribution is -2.55. The molecule has 2 rings (SSSR count). The lowest BCUT2D eigenvalue weighted by molar-refractivity contribution is 0.0333. The molecule has 1 saturated carbocycles. The fourth-order valence-electron chi connectivity index (χ4n) is 3.89. The Kier molecular flexibility index (Phi) is 4.64. The fourth-order valence-corrected chi connectivity index (χ4v) is 3.89. The Bertz CT molecular complexity index is 378. The average molecular weight is 260 g/mol. The molecule has 0 heterocycles. The first kappa shape index (κ1) is 14.5. The van der Waals surface area contributed by atoms with Crippen molar-refractivity contribution >= 4 is 0 Å². The van der Waals surface area contributed by atoms with Crippen molar-refractivity contribution in [2.75, 3.05) is 13.6 Å². The van der Waals surface area contributed by atoms with E-state index in [9.17, 15) is 0 Å². The summed E-state index contributed by atoms with van der Waals surface area (Å²) in [6.45, 7) is 6.51. The standard InChI is InChI=1S/C17H28N2/c1-14-9-15(2)11-17(10-14,13-18)19(3)12-16-7-5-4-6-8-16/h4-8,14-15H,9-13,18H2,1-3H3. The molecule has 0 bridgehead atoms. The minimum atomic E-state index is 0.187. The third-order valence-electron chi connectivity index (χ3n) is 4.71. The van der Waals surface area contributed by atoms with Gasteiger partial charge in [-0.05, 0) is 43.7 Å². The summed E-state index contributed by atoms with van der Waals surface area (Å²) in [4.78, 5) is 2.49. The van der Waals surface area contributed by atoms with Crippen molar-refractivity contribution < 1.29 is 0 Å². The molecule has 0 radical (unpaired) electrons. The molecule has 106 valence electrons. The maximum atomic E-state index is 6.18. The van der Waals surface area contributed by atoms with E-state index in [0.717, 1.165) is 24.9 Å². The summed E-state index contributed by atoms with van der Waals surface area (Å²) < 4.78 is 0. The van der Waals surface area contributed by atoms with Gasteiger partial charge in [-0.25, -0.2) is 0 Å². The van der Waals surface area contributed by atoms with Gasteiger partial charge in [-0.15, -0.1) is 0 Å². The smallest absolute Gasteiger partial charge is 0.0337 e. The Morgan fingerprint density at radius 3 is 2.26 bits per heavy atom. The Morgan fingerprint density at radius 1 is 1.16 bits per heavy atom. The Labute approximate surface area is 118 Å². The monoisotopic (exact) mass is 260 g/mol. The number of rotatable bonds is 4. The first-order chi connectivity index (χ1) is 9.05. The summed E-state index contributed by atoms with van der Waals surface area (Å²) in [7, 11) is 2.24. The molecule has 2 unspecified atom stereocenters. The second-order valence-corrected chi connectivity index (χ2v) is 6.62. The number of likely N-dealkylation sites (N-methyl/N-ethyl adjacent to an activating group) is 1. The molecule has 0 spiro atoms. The van der Waals surface area contributed by atoms with Gasteiger partial charge in [0.2, 0.25) is 0 Å². The highest BCUT2D eigenvalue weighted by Crippen LogP contribution is 2.39. The van der Waals surface area contributed by atoms with E-state index >= 15 is 0 Å². The maximum Gasteiger partial charge on any atom is 0.0337 e. The van der Waals surface area contributed by atoms with Crippen LogP contribution in [0.2, 0.25) is 0 Å². The summed E-state index contributed by atoms with van der Waals surface area (Å²) in [5.74, 6) is 1.57. The molecule has 1 aromatic carbocycles. The van der Waals surface area contributed by atoms with E-state index in [2.05, 4.69) is 56.1 Å². The normalized spacial score (nSPS) is 31.6. The quantitative estimate of drug-likeness (QED) is 0.900. The van der Waals surface area contributed by atoms with Crippen LogP contribution in [0.1, 0.15) is 38.7 Å². The zero-order valence-corrected chi connectivity index (χ0v) is 12.6. The van der Waals surface area contributed by atoms with Crippen LogP contribution in [0.15, 0.2) is 30.3 Å². The van der Waals surface area contributed by atoms with E-state index in [1.165, 1.54) is 24.8 Å². The van der Waals surface area contributed by atoms with Crippen molar-refractivity contribution in [3.05, 3.63) is 35.9 Å². The first-order valence-corrected chi connectivity index (χ1v) is 7.51. The van der Waals surface area contributed by atoms with Gasteiger partial charge < -0.3 is 5.73 Å². The van der Waals surface area contributed by atoms with Crippen molar-refractivity contribution in [1.82, 2.24) is 4.90 Å². The van der Waals surface area contributed by atoms with Crippen LogP contribution in [0.5, 0.6) is 0 Å². The van der Waals surface area contributed by atoms with E-state index in [1.807, 2.05) is 0 Å². The fraction of sp³-hybridized carbons (Fsp3) is 0.647. The maximum absolute atomic E-state index is 6.18. The summed E-state index contributed by atoms with van der Waals surface area (Å²) >= 11 is 0. The molecular formula is C17H28N2. The number of hydrogen-bond donors (Lipinski definition) is 1. The largest absolute Gasteiger partial charge is 0.329 e. The van der Waals surface area contributed by atoms with E-state index in [1.54, 1.807) is 0 Å². The predicted molar refractivity (Wildman–Crippen MR) is 81.9 cm³/mol. The molecular weight excluding hydrogens is 232 g/mol. The van der Waals surface area contributed by atoms with Crippen molar-refractivity contribution in [2.45, 2.75) is 45.2 Å². The second-order valence-electron chi connectivity index (χ2n) is 6.62. The van der Waals surface area contributed by atoms with Gasteiger partial charge in [0.1, 0.15) is 0 Å². The molecule has 0 saturated heterocycles. The lowest BCUT2D eigenvalue weighted by Gasteiger charge is -2.48. The topological polar surface area (TPSA) is 29.3 Å². The van der Waals surface area contributed by atoms with Crippen molar-refractivity contribution in [3.8, 4) is 0 Å². The molecule has 1 aliphatic rings. The molecule has 2 nitrogen and oxygen atoms in total. The van der Waals surface area contributed by atoms with Gasteiger partial charge in [0, 0.05) is 18.6 Å². The van der Waals surface area contributed by atoms with Crippen LogP contribution >= 0.6 is 0 Å². The van der Waals surface area contributed by atoms with E-state index < -0.39 is 0 Å². The van der Waals surface area contributed by atoms with Crippen molar-refractivity contribution in [2.24, 2.45) is 17.6 Å². The number of benzene rings is 1. The number of nitrogens with zero attached hydrogens (tertiary/aromatic N) is 1. The van der Waals surface area contributed by atoms with Gasteiger partial charge in [0.15, 0.2) is 0 Å². The Hall–Kier alpha value is -0.860. The van der Waals surface area contributed by atoms with Crippen LogP contribution in [-0.2, 0) is 6.54 Å². The van der Waals surface area contributed by atoms with Crippen LogP contribution in [-0.4, -0.2) is 24.0 Å². The minimum absolute atomic E-state index is 0.187. The summed E-state index contributed by atoms with van der Waals surface area (Å²) in [5, 5.41) is 0. The molecule has 2 N–H and O–H groups in total. The highest BCUT2D eigenvalue weighted by molar-refractivity contribution is 5.15. The third-order valence-corrected chi connectivity index (χ3v) is 4.71. The molecule has 1 aromatic rings. The van der Waals surface area contributed by atoms with Crippen LogP contribution in [0.25, 0.3) is 0 Å². The first-order valence-electron chi connectivity index (χ1n) is 7.51. The zero-order valence-electron chi connectivity index (χ0n) is 12.6. The van der Waals surface area contributed by atoms with Crippen LogP contribution in [0, 0.1) is 11.8 Å². The Morgan fingerprint density at radius 2 is 1.74 bits per heavy atom. The zero-order chi connectivity index (χ0) is 13.9. The molecule has 1 aliphatic carbocycles. The summed E-state index contributed by atoms with van der Waals surface area (Å²) in [5.41, 5.74) is 7.74. The van der Waals surface area contributed by atoms with E-state index in [-0.39, 0.29) is 5.54 Å². The third kappa shape index (κ3) is 3.37. The van der Waals surface area contributed by atoms with E-state index in [4.69, 9.17) is 5.73 Å². The lowest BCUT2D eigenvalue weighted by atomic mass is 9.70. The molecule has 2 atom stereocenters. The highest BCUT2D eigenvalue weighted by Gasteiger charge is 2.39. The average Bonchev–Trinajstić information content (AvgIpc) is 2.38. The SMILES string of the molecule is CC1CC(C)CC(CN)(N(C)Cc2ccccc2)C1. The number of nitrogens with two attached hydrogens (primary N) is 1. The van der Waals surface area contributed by atoms with Gasteiger partial charge in [-0.1, -0.05) is 44.2 Å². The predicted octanol–water partition coefficient (Wildman–Crippen LogP) is 3.27. The molecule has 2 heteroatoms. The molecule has 1 fully saturated rings. The molecule has 0 amide bonds. The summed E-state index contributed by atoms with van der Waals surface area (Å²) in [6.07, 6.45) is 3.81. The Balaban J connectivity index is 2.11. The van der Waals surface area contributed by atoms with Crippen LogP contribution < -0.4 is 5.73 Å². The van der Waals surface area contributed by atoms with Gasteiger partial charge in [0.25, 0.3) is 0 Å². The number of hydrogen-bond acceptors (Lipinski definition) is 2. The van der Waals surface area contributed by atoms with Gasteiger partial charge in [0.05, 0.1) is 0 Å². The minimum Gasteiger partial charge on any atom is -0.329 e. The second kappa shape index (κ2) is 6.06. The van der Waals surface area contributed by atoms with Gasteiger partial charge in [-0.2, -0.15) is 0 Å². The molecule has 0 aromatic heterocycles. The molecule has 0 aliphatic heterocycles.